The van der Waals surface area contributed by atoms with E-state index in [1.807, 2.05) is 6.08 Å². The highest BCUT2D eigenvalue weighted by atomic mass is 16.5. The predicted molar refractivity (Wildman–Crippen MR) is 292 cm³/mol. The SMILES string of the molecule is CCCCCCCCCCCCCCCCCCCCC/C=C/C(O)C(CO)NC(=O)CCCCCCC/C=C\CCCCCOC(=O)CCCCCCCCCCCCCCCCCCC. The normalized spacial score (nSPS) is 12.7. The van der Waals surface area contributed by atoms with Gasteiger partial charge >= 0.3 is 5.97 Å². The Morgan fingerprint density at radius 1 is 0.403 bits per heavy atom. The van der Waals surface area contributed by atoms with Gasteiger partial charge in [-0.05, 0) is 64.2 Å². The molecule has 2 atom stereocenters. The zero-order valence-corrected chi connectivity index (χ0v) is 45.1. The molecule has 0 aromatic rings. The number of esters is 1. The smallest absolute Gasteiger partial charge is 0.305 e. The van der Waals surface area contributed by atoms with Gasteiger partial charge in [0.05, 0.1) is 25.4 Å². The van der Waals surface area contributed by atoms with Gasteiger partial charge in [0.2, 0.25) is 5.91 Å². The van der Waals surface area contributed by atoms with Crippen LogP contribution in [0.5, 0.6) is 0 Å². The third-order valence-corrected chi connectivity index (χ3v) is 14.0. The summed E-state index contributed by atoms with van der Waals surface area (Å²) in [5.41, 5.74) is 0. The van der Waals surface area contributed by atoms with Gasteiger partial charge in [0.1, 0.15) is 0 Å². The van der Waals surface area contributed by atoms with Crippen molar-refractivity contribution < 1.29 is 24.5 Å². The number of rotatable bonds is 56. The molecule has 0 fully saturated rings. The lowest BCUT2D eigenvalue weighted by Gasteiger charge is -2.20. The first-order chi connectivity index (χ1) is 33.0. The maximum absolute atomic E-state index is 12.5. The molecule has 0 aromatic carbocycles. The highest BCUT2D eigenvalue weighted by molar-refractivity contribution is 5.76. The van der Waals surface area contributed by atoms with E-state index in [9.17, 15) is 19.8 Å². The van der Waals surface area contributed by atoms with Crippen LogP contribution >= 0.6 is 0 Å². The van der Waals surface area contributed by atoms with E-state index >= 15 is 0 Å². The fourth-order valence-corrected chi connectivity index (χ4v) is 9.34. The van der Waals surface area contributed by atoms with Crippen molar-refractivity contribution in [1.29, 1.82) is 0 Å². The molecule has 0 saturated heterocycles. The molecular formula is C61H117NO5. The van der Waals surface area contributed by atoms with Crippen LogP contribution in [0, 0.1) is 0 Å². The van der Waals surface area contributed by atoms with Crippen LogP contribution < -0.4 is 5.32 Å². The highest BCUT2D eigenvalue weighted by Crippen LogP contribution is 2.17. The highest BCUT2D eigenvalue weighted by Gasteiger charge is 2.18. The molecule has 2 unspecified atom stereocenters. The average Bonchev–Trinajstić information content (AvgIpc) is 3.33. The van der Waals surface area contributed by atoms with Crippen LogP contribution in [0.25, 0.3) is 0 Å². The molecule has 0 aliphatic heterocycles. The maximum atomic E-state index is 12.5. The van der Waals surface area contributed by atoms with Crippen LogP contribution in [0.2, 0.25) is 0 Å². The molecule has 0 saturated carbocycles. The lowest BCUT2D eigenvalue weighted by Crippen LogP contribution is -2.45. The molecule has 0 aliphatic rings. The van der Waals surface area contributed by atoms with Gasteiger partial charge in [0.15, 0.2) is 0 Å². The molecule has 0 aromatic heterocycles. The number of ether oxygens (including phenoxy) is 1. The molecule has 6 heteroatoms. The summed E-state index contributed by atoms with van der Waals surface area (Å²) in [4.78, 5) is 24.6. The standard InChI is InChI=1S/C61H117NO5/c1-3-5-7-9-11-13-15-17-19-21-22-23-24-26-27-29-33-37-41-45-49-53-59(64)58(57-63)62-60(65)54-50-46-42-38-34-31-32-36-40-44-48-52-56-67-61(66)55-51-47-43-39-35-30-28-25-20-18-16-14-12-10-8-6-4-2/h32,36,49,53,58-59,63-64H,3-31,33-35,37-48,50-52,54-57H2,1-2H3,(H,62,65)/b36-32-,53-49+. The minimum absolute atomic E-state index is 0.0198. The molecule has 0 spiro atoms. The molecule has 396 valence electrons. The van der Waals surface area contributed by atoms with Crippen molar-refractivity contribution >= 4 is 11.9 Å². The number of amides is 1. The van der Waals surface area contributed by atoms with Crippen molar-refractivity contribution in [3.05, 3.63) is 24.3 Å². The van der Waals surface area contributed by atoms with E-state index in [4.69, 9.17) is 4.74 Å². The largest absolute Gasteiger partial charge is 0.466 e. The number of nitrogens with one attached hydrogen (secondary N) is 1. The number of hydrogen-bond acceptors (Lipinski definition) is 5. The van der Waals surface area contributed by atoms with Gasteiger partial charge in [0.25, 0.3) is 0 Å². The Balaban J connectivity index is 3.51. The van der Waals surface area contributed by atoms with Crippen LogP contribution in [0.1, 0.15) is 328 Å². The van der Waals surface area contributed by atoms with E-state index in [0.717, 1.165) is 77.0 Å². The Bertz CT molecular complexity index is 1040. The van der Waals surface area contributed by atoms with E-state index in [1.165, 1.54) is 225 Å². The minimum atomic E-state index is -0.861. The third-order valence-electron chi connectivity index (χ3n) is 14.0. The number of carbonyl (C=O) groups excluding carboxylic acids is 2. The van der Waals surface area contributed by atoms with Crippen LogP contribution in [-0.4, -0.2) is 47.4 Å². The van der Waals surface area contributed by atoms with E-state index in [2.05, 4.69) is 31.3 Å². The van der Waals surface area contributed by atoms with Crippen molar-refractivity contribution in [2.24, 2.45) is 0 Å². The summed E-state index contributed by atoms with van der Waals surface area (Å²) in [6.45, 7) is 4.87. The number of unbranched alkanes of at least 4 members (excludes halogenated alkanes) is 43. The number of aliphatic hydroxyl groups is 2. The van der Waals surface area contributed by atoms with E-state index in [0.29, 0.717) is 19.4 Å². The Labute approximate surface area is 418 Å². The van der Waals surface area contributed by atoms with Gasteiger partial charge in [-0.1, -0.05) is 276 Å². The van der Waals surface area contributed by atoms with Crippen molar-refractivity contribution in [3.63, 3.8) is 0 Å². The summed E-state index contributed by atoms with van der Waals surface area (Å²) in [5, 5.41) is 23.2. The molecule has 0 bridgehead atoms. The van der Waals surface area contributed by atoms with Crippen LogP contribution in [0.4, 0.5) is 0 Å². The molecular weight excluding hydrogens is 827 g/mol. The minimum Gasteiger partial charge on any atom is -0.466 e. The molecule has 3 N–H and O–H groups in total. The van der Waals surface area contributed by atoms with Gasteiger partial charge in [-0.2, -0.15) is 0 Å². The predicted octanol–water partition coefficient (Wildman–Crippen LogP) is 18.6. The fraction of sp³-hybridized carbons (Fsp3) is 0.902. The van der Waals surface area contributed by atoms with Gasteiger partial charge < -0.3 is 20.3 Å². The zero-order valence-electron chi connectivity index (χ0n) is 45.1. The van der Waals surface area contributed by atoms with Crippen molar-refractivity contribution in [2.45, 2.75) is 341 Å². The molecule has 67 heavy (non-hydrogen) atoms. The topological polar surface area (TPSA) is 95.9 Å². The first-order valence-corrected chi connectivity index (χ1v) is 30.1. The van der Waals surface area contributed by atoms with Gasteiger partial charge in [-0.25, -0.2) is 0 Å². The van der Waals surface area contributed by atoms with Crippen molar-refractivity contribution in [2.75, 3.05) is 13.2 Å². The Morgan fingerprint density at radius 3 is 1.06 bits per heavy atom. The van der Waals surface area contributed by atoms with E-state index in [1.54, 1.807) is 6.08 Å². The van der Waals surface area contributed by atoms with Crippen LogP contribution in [-0.2, 0) is 14.3 Å². The second-order valence-electron chi connectivity index (χ2n) is 20.7. The van der Waals surface area contributed by atoms with Gasteiger partial charge in [0, 0.05) is 12.8 Å². The zero-order chi connectivity index (χ0) is 48.6. The monoisotopic (exact) mass is 944 g/mol. The van der Waals surface area contributed by atoms with Gasteiger partial charge in [-0.15, -0.1) is 0 Å². The lowest BCUT2D eigenvalue weighted by atomic mass is 10.0. The maximum Gasteiger partial charge on any atom is 0.305 e. The summed E-state index contributed by atoms with van der Waals surface area (Å²) < 4.78 is 5.47. The molecule has 0 aliphatic carbocycles. The van der Waals surface area contributed by atoms with Crippen molar-refractivity contribution in [3.8, 4) is 0 Å². The average molecular weight is 945 g/mol. The Hall–Kier alpha value is -1.66. The summed E-state index contributed by atoms with van der Waals surface area (Å²) in [6.07, 6.45) is 69.2. The molecule has 0 heterocycles. The van der Waals surface area contributed by atoms with Gasteiger partial charge in [-0.3, -0.25) is 9.59 Å². The van der Waals surface area contributed by atoms with Crippen LogP contribution in [0.3, 0.4) is 0 Å². The second kappa shape index (κ2) is 56.9. The van der Waals surface area contributed by atoms with E-state index in [-0.39, 0.29) is 18.5 Å². The number of hydrogen-bond donors (Lipinski definition) is 3. The van der Waals surface area contributed by atoms with Crippen molar-refractivity contribution in [1.82, 2.24) is 5.32 Å². The number of allylic oxidation sites excluding steroid dienone is 3. The van der Waals surface area contributed by atoms with E-state index < -0.39 is 12.1 Å². The fourth-order valence-electron chi connectivity index (χ4n) is 9.34. The first kappa shape index (κ1) is 65.3. The first-order valence-electron chi connectivity index (χ1n) is 30.1. The summed E-state index contributed by atoms with van der Waals surface area (Å²) in [7, 11) is 0. The molecule has 0 radical (unpaired) electrons. The Morgan fingerprint density at radius 2 is 0.701 bits per heavy atom. The lowest BCUT2D eigenvalue weighted by molar-refractivity contribution is -0.143. The quantitative estimate of drug-likeness (QED) is 0.0321. The third kappa shape index (κ3) is 53.5. The molecule has 6 nitrogen and oxygen atoms in total. The summed E-state index contributed by atoms with van der Waals surface area (Å²) in [6, 6.07) is -0.647. The van der Waals surface area contributed by atoms with Crippen LogP contribution in [0.15, 0.2) is 24.3 Å². The Kier molecular flexibility index (Phi) is 55.5. The summed E-state index contributed by atoms with van der Waals surface area (Å²) in [5.74, 6) is -0.110. The number of carbonyl (C=O) groups is 2. The summed E-state index contributed by atoms with van der Waals surface area (Å²) >= 11 is 0. The second-order valence-corrected chi connectivity index (χ2v) is 20.7. The molecule has 1 amide bonds. The number of aliphatic hydroxyl groups excluding tert-OH is 2. The molecule has 0 rings (SSSR count).